The van der Waals surface area contributed by atoms with E-state index in [0.29, 0.717) is 18.7 Å². The average Bonchev–Trinajstić information content (AvgIpc) is 2.64. The van der Waals surface area contributed by atoms with E-state index in [9.17, 15) is 9.59 Å². The largest absolute Gasteiger partial charge is 0.480 e. The summed E-state index contributed by atoms with van der Waals surface area (Å²) in [4.78, 5) is 23.1. The Labute approximate surface area is 91.8 Å². The van der Waals surface area contributed by atoms with E-state index in [0.717, 1.165) is 4.90 Å². The highest BCUT2D eigenvalue weighted by molar-refractivity contribution is 5.93. The average molecular weight is 227 g/mol. The number of rotatable bonds is 5. The molecule has 3 N–H and O–H groups in total. The monoisotopic (exact) mass is 227 g/mol. The lowest BCUT2D eigenvalue weighted by molar-refractivity contribution is -0.137. The molecule has 0 saturated heterocycles. The van der Waals surface area contributed by atoms with Crippen LogP contribution >= 0.6 is 0 Å². The van der Waals surface area contributed by atoms with Crippen molar-refractivity contribution in [3.63, 3.8) is 0 Å². The second-order valence-corrected chi connectivity index (χ2v) is 3.27. The van der Waals surface area contributed by atoms with Gasteiger partial charge in [0, 0.05) is 19.5 Å². The van der Waals surface area contributed by atoms with Gasteiger partial charge >= 0.3 is 5.97 Å². The van der Waals surface area contributed by atoms with Gasteiger partial charge in [0.25, 0.3) is 5.91 Å². The van der Waals surface area contributed by atoms with Crippen molar-refractivity contribution in [2.24, 2.45) is 5.73 Å². The van der Waals surface area contributed by atoms with Gasteiger partial charge in [0.2, 0.25) is 0 Å². The van der Waals surface area contributed by atoms with Gasteiger partial charge < -0.3 is 20.3 Å². The molecule has 0 atom stereocenters. The number of amides is 1. The normalized spacial score (nSPS) is 10.1. The molecule has 1 rings (SSSR count). The first-order valence-electron chi connectivity index (χ1n) is 4.67. The highest BCUT2D eigenvalue weighted by atomic mass is 16.5. The summed E-state index contributed by atoms with van der Waals surface area (Å²) in [5.41, 5.74) is 5.40. The number of likely N-dealkylation sites (N-methyl/N-ethyl adjacent to an activating group) is 1. The third-order valence-electron chi connectivity index (χ3n) is 1.89. The van der Waals surface area contributed by atoms with Gasteiger partial charge in [-0.15, -0.1) is 0 Å². The molecule has 0 saturated carbocycles. The zero-order valence-corrected chi connectivity index (χ0v) is 8.84. The SMILES string of the molecule is CN(CC(=O)O)C(=O)c1cc(CCN)on1. The van der Waals surface area contributed by atoms with Crippen LogP contribution in [-0.2, 0) is 11.2 Å². The first-order valence-corrected chi connectivity index (χ1v) is 4.67. The van der Waals surface area contributed by atoms with Crippen molar-refractivity contribution in [2.45, 2.75) is 6.42 Å². The van der Waals surface area contributed by atoms with E-state index in [2.05, 4.69) is 5.16 Å². The molecule has 7 heteroatoms. The van der Waals surface area contributed by atoms with E-state index in [1.54, 1.807) is 0 Å². The van der Waals surface area contributed by atoms with Crippen LogP contribution in [0, 0.1) is 0 Å². The van der Waals surface area contributed by atoms with Gasteiger partial charge in [0.05, 0.1) is 0 Å². The second kappa shape index (κ2) is 5.26. The second-order valence-electron chi connectivity index (χ2n) is 3.27. The van der Waals surface area contributed by atoms with Crippen molar-refractivity contribution in [2.75, 3.05) is 20.1 Å². The van der Waals surface area contributed by atoms with E-state index in [4.69, 9.17) is 15.4 Å². The fourth-order valence-electron chi connectivity index (χ4n) is 1.14. The summed E-state index contributed by atoms with van der Waals surface area (Å²) in [5, 5.41) is 12.1. The first-order chi connectivity index (χ1) is 7.54. The van der Waals surface area contributed by atoms with Gasteiger partial charge in [-0.2, -0.15) is 0 Å². The molecule has 0 unspecified atom stereocenters. The molecule has 0 radical (unpaired) electrons. The molecule has 0 fully saturated rings. The summed E-state index contributed by atoms with van der Waals surface area (Å²) in [6, 6.07) is 1.47. The molecule has 7 nitrogen and oxygen atoms in total. The zero-order valence-electron chi connectivity index (χ0n) is 8.84. The fraction of sp³-hybridized carbons (Fsp3) is 0.444. The number of carbonyl (C=O) groups excluding carboxylic acids is 1. The summed E-state index contributed by atoms with van der Waals surface area (Å²) in [5.74, 6) is -1.06. The molecule has 1 aromatic rings. The van der Waals surface area contributed by atoms with Gasteiger partial charge in [-0.05, 0) is 6.54 Å². The predicted octanol–water partition coefficient (Wildman–Crippen LogP) is -0.668. The van der Waals surface area contributed by atoms with E-state index in [1.807, 2.05) is 0 Å². The molecule has 88 valence electrons. The molecule has 16 heavy (non-hydrogen) atoms. The van der Waals surface area contributed by atoms with Crippen LogP contribution in [0.15, 0.2) is 10.6 Å². The summed E-state index contributed by atoms with van der Waals surface area (Å²) < 4.78 is 4.86. The molecular formula is C9H13N3O4. The Hall–Kier alpha value is -1.89. The van der Waals surface area contributed by atoms with Crippen molar-refractivity contribution in [3.05, 3.63) is 17.5 Å². The van der Waals surface area contributed by atoms with Crippen LogP contribution in [0.1, 0.15) is 16.2 Å². The van der Waals surface area contributed by atoms with Gasteiger partial charge in [0.1, 0.15) is 12.3 Å². The fourth-order valence-corrected chi connectivity index (χ4v) is 1.14. The summed E-state index contributed by atoms with van der Waals surface area (Å²) in [6.07, 6.45) is 0.489. The zero-order chi connectivity index (χ0) is 12.1. The number of hydrogen-bond acceptors (Lipinski definition) is 5. The van der Waals surface area contributed by atoms with Crippen molar-refractivity contribution < 1.29 is 19.2 Å². The van der Waals surface area contributed by atoms with Crippen molar-refractivity contribution in [1.82, 2.24) is 10.1 Å². The number of carboxylic acids is 1. The number of carbonyl (C=O) groups is 2. The van der Waals surface area contributed by atoms with Crippen molar-refractivity contribution in [1.29, 1.82) is 0 Å². The van der Waals surface area contributed by atoms with Crippen LogP contribution in [0.25, 0.3) is 0 Å². The van der Waals surface area contributed by atoms with Crippen LogP contribution in [0.4, 0.5) is 0 Å². The number of nitrogens with two attached hydrogens (primary N) is 1. The van der Waals surface area contributed by atoms with Crippen molar-refractivity contribution in [3.8, 4) is 0 Å². The number of aliphatic carboxylic acids is 1. The van der Waals surface area contributed by atoms with Gasteiger partial charge in [-0.1, -0.05) is 5.16 Å². The minimum absolute atomic E-state index is 0.0900. The predicted molar refractivity (Wildman–Crippen MR) is 53.9 cm³/mol. The molecule has 0 bridgehead atoms. The summed E-state index contributed by atoms with van der Waals surface area (Å²) >= 11 is 0. The van der Waals surface area contributed by atoms with E-state index < -0.39 is 11.9 Å². The molecule has 1 heterocycles. The minimum Gasteiger partial charge on any atom is -0.480 e. The van der Waals surface area contributed by atoms with Crippen LogP contribution in [-0.4, -0.2) is 47.2 Å². The first kappa shape index (κ1) is 12.2. The Kier molecular flexibility index (Phi) is 4.01. The topological polar surface area (TPSA) is 110 Å². The van der Waals surface area contributed by atoms with Crippen LogP contribution in [0.5, 0.6) is 0 Å². The lowest BCUT2D eigenvalue weighted by Crippen LogP contribution is -2.32. The molecule has 1 aromatic heterocycles. The maximum atomic E-state index is 11.6. The third kappa shape index (κ3) is 3.06. The Morgan fingerprint density at radius 2 is 2.31 bits per heavy atom. The van der Waals surface area contributed by atoms with E-state index in [1.165, 1.54) is 13.1 Å². The summed E-state index contributed by atoms with van der Waals surface area (Å²) in [7, 11) is 1.38. The van der Waals surface area contributed by atoms with Crippen LogP contribution < -0.4 is 5.73 Å². The number of nitrogens with zero attached hydrogens (tertiary/aromatic N) is 2. The summed E-state index contributed by atoms with van der Waals surface area (Å²) in [6.45, 7) is 0.0195. The maximum absolute atomic E-state index is 11.6. The Morgan fingerprint density at radius 1 is 1.62 bits per heavy atom. The highest BCUT2D eigenvalue weighted by Crippen LogP contribution is 2.06. The molecule has 0 aliphatic carbocycles. The highest BCUT2D eigenvalue weighted by Gasteiger charge is 2.18. The smallest absolute Gasteiger partial charge is 0.323 e. The van der Waals surface area contributed by atoms with Gasteiger partial charge in [-0.25, -0.2) is 0 Å². The van der Waals surface area contributed by atoms with Crippen molar-refractivity contribution >= 4 is 11.9 Å². The Bertz CT molecular complexity index is 388. The number of hydrogen-bond donors (Lipinski definition) is 2. The molecule has 0 aliphatic rings. The minimum atomic E-state index is -1.08. The van der Waals surface area contributed by atoms with Crippen LogP contribution in [0.2, 0.25) is 0 Å². The van der Waals surface area contributed by atoms with Gasteiger partial charge in [-0.3, -0.25) is 9.59 Å². The molecule has 0 aromatic carbocycles. The molecular weight excluding hydrogens is 214 g/mol. The Balaban J connectivity index is 2.68. The lowest BCUT2D eigenvalue weighted by Gasteiger charge is -2.11. The van der Waals surface area contributed by atoms with E-state index >= 15 is 0 Å². The Morgan fingerprint density at radius 3 is 2.88 bits per heavy atom. The quantitative estimate of drug-likeness (QED) is 0.690. The third-order valence-corrected chi connectivity index (χ3v) is 1.89. The number of carboxylic acid groups (broad SMARTS) is 1. The number of aromatic nitrogens is 1. The molecule has 0 spiro atoms. The van der Waals surface area contributed by atoms with Gasteiger partial charge in [0.15, 0.2) is 5.69 Å². The lowest BCUT2D eigenvalue weighted by atomic mass is 10.3. The maximum Gasteiger partial charge on any atom is 0.323 e. The molecule has 1 amide bonds. The molecule has 0 aliphatic heterocycles. The van der Waals surface area contributed by atoms with E-state index in [-0.39, 0.29) is 12.2 Å². The standard InChI is InChI=1S/C9H13N3O4/c1-12(5-8(13)14)9(15)7-4-6(2-3-10)16-11-7/h4H,2-3,5,10H2,1H3,(H,13,14). The van der Waals surface area contributed by atoms with Crippen LogP contribution in [0.3, 0.4) is 0 Å².